The van der Waals surface area contributed by atoms with Crippen LogP contribution in [0.2, 0.25) is 0 Å². The van der Waals surface area contributed by atoms with Crippen LogP contribution >= 0.6 is 0 Å². The zero-order valence-corrected chi connectivity index (χ0v) is 29.5. The summed E-state index contributed by atoms with van der Waals surface area (Å²) in [7, 11) is 0. The minimum atomic E-state index is -1.02. The molecular formula is C43H47N3O4. The Balaban J connectivity index is 1.26. The smallest absolute Gasteiger partial charge is 0.341 e. The van der Waals surface area contributed by atoms with Crippen molar-refractivity contribution in [2.45, 2.75) is 84.2 Å². The van der Waals surface area contributed by atoms with Gasteiger partial charge in [0.15, 0.2) is 6.61 Å². The summed E-state index contributed by atoms with van der Waals surface area (Å²) in [6.07, 6.45) is 5.69. The highest BCUT2D eigenvalue weighted by Crippen LogP contribution is 2.58. The number of amides is 1. The molecule has 0 saturated heterocycles. The summed E-state index contributed by atoms with van der Waals surface area (Å²) in [5, 5.41) is 12.3. The largest absolute Gasteiger partial charge is 0.482 e. The first kappa shape index (κ1) is 33.6. The molecule has 2 N–H and O–H groups in total. The molecule has 1 heterocycles. The minimum Gasteiger partial charge on any atom is -0.482 e. The Labute approximate surface area is 294 Å². The molecule has 1 amide bonds. The standard InChI is InChI=1S/C43H47N3O4/c1-28(2)30-14-17-35-31(22-30)16-19-38-42(3,20-9-21-43(35,38)4)27-46-37-18-15-33(41(49)44-25-29-10-6-5-7-11-29)24-36(37)45-40(46)32-12-8-13-34(23-32)50-26-39(47)48/h5-8,10-15,17-18,22-24,28,38H,9,16,19-21,25-27H2,1-4H3,(H,44,49)(H,47,48)/t38-,42-,43?/m0/s1. The Hall–Kier alpha value is -4.91. The molecule has 5 aromatic rings. The van der Waals surface area contributed by atoms with E-state index in [-0.39, 0.29) is 16.7 Å². The fourth-order valence-corrected chi connectivity index (χ4v) is 8.96. The quantitative estimate of drug-likeness (QED) is 0.155. The number of nitrogens with zero attached hydrogens (tertiary/aromatic N) is 2. The number of fused-ring (bicyclic) bond motifs is 4. The fraction of sp³-hybridized carbons (Fsp3) is 0.372. The van der Waals surface area contributed by atoms with Crippen LogP contribution < -0.4 is 10.1 Å². The second-order valence-electron chi connectivity index (χ2n) is 15.2. The Morgan fingerprint density at radius 3 is 2.58 bits per heavy atom. The van der Waals surface area contributed by atoms with E-state index in [4.69, 9.17) is 9.72 Å². The SMILES string of the molecule is CC(C)c1ccc2c(c1)CC[C@@H]1C2(C)CCC[C@@]1(C)Cn1c(-c2cccc(OCC(=O)O)c2)nc2cc(C(=O)NCc3ccccc3)ccc21. The minimum absolute atomic E-state index is 0.00701. The van der Waals surface area contributed by atoms with Crippen molar-refractivity contribution < 1.29 is 19.4 Å². The summed E-state index contributed by atoms with van der Waals surface area (Å²) in [5.41, 5.74) is 8.70. The second kappa shape index (κ2) is 13.4. The lowest BCUT2D eigenvalue weighted by Crippen LogP contribution is -2.50. The van der Waals surface area contributed by atoms with Crippen LogP contribution in [0.4, 0.5) is 0 Å². The summed E-state index contributed by atoms with van der Waals surface area (Å²) >= 11 is 0. The van der Waals surface area contributed by atoms with Gasteiger partial charge in [0.25, 0.3) is 5.91 Å². The first-order valence-electron chi connectivity index (χ1n) is 17.9. The van der Waals surface area contributed by atoms with Gasteiger partial charge in [-0.15, -0.1) is 0 Å². The summed E-state index contributed by atoms with van der Waals surface area (Å²) in [5.74, 6) is 1.09. The van der Waals surface area contributed by atoms with Crippen LogP contribution in [0.3, 0.4) is 0 Å². The maximum atomic E-state index is 13.3. The van der Waals surface area contributed by atoms with Crippen molar-refractivity contribution >= 4 is 22.9 Å². The molecule has 3 atom stereocenters. The lowest BCUT2D eigenvalue weighted by Gasteiger charge is -2.56. The van der Waals surface area contributed by atoms with Gasteiger partial charge in [-0.05, 0) is 101 Å². The fourth-order valence-electron chi connectivity index (χ4n) is 8.96. The van der Waals surface area contributed by atoms with E-state index in [0.29, 0.717) is 29.7 Å². The van der Waals surface area contributed by atoms with E-state index in [2.05, 4.69) is 55.8 Å². The van der Waals surface area contributed by atoms with Gasteiger partial charge in [-0.25, -0.2) is 9.78 Å². The number of rotatable bonds is 10. The molecule has 1 aromatic heterocycles. The second-order valence-corrected chi connectivity index (χ2v) is 15.2. The van der Waals surface area contributed by atoms with Crippen molar-refractivity contribution in [3.63, 3.8) is 0 Å². The van der Waals surface area contributed by atoms with Crippen LogP contribution in [0.5, 0.6) is 5.75 Å². The van der Waals surface area contributed by atoms with Gasteiger partial charge in [-0.3, -0.25) is 4.79 Å². The molecule has 0 radical (unpaired) electrons. The van der Waals surface area contributed by atoms with Crippen molar-refractivity contribution in [3.05, 3.63) is 119 Å². The van der Waals surface area contributed by atoms with E-state index < -0.39 is 12.6 Å². The van der Waals surface area contributed by atoms with Crippen molar-refractivity contribution in [1.29, 1.82) is 0 Å². The summed E-state index contributed by atoms with van der Waals surface area (Å²) in [4.78, 5) is 29.7. The van der Waals surface area contributed by atoms with Crippen molar-refractivity contribution in [2.24, 2.45) is 11.3 Å². The Kier molecular flexibility index (Phi) is 9.02. The lowest BCUT2D eigenvalue weighted by molar-refractivity contribution is -0.139. The van der Waals surface area contributed by atoms with E-state index in [1.54, 1.807) is 6.07 Å². The predicted molar refractivity (Wildman–Crippen MR) is 198 cm³/mol. The number of carboxylic acid groups (broad SMARTS) is 1. The van der Waals surface area contributed by atoms with Gasteiger partial charge < -0.3 is 19.7 Å². The first-order valence-corrected chi connectivity index (χ1v) is 17.9. The first-order chi connectivity index (χ1) is 24.0. The van der Waals surface area contributed by atoms with E-state index >= 15 is 0 Å². The van der Waals surface area contributed by atoms with Gasteiger partial charge in [0.1, 0.15) is 11.6 Å². The molecule has 1 unspecified atom stereocenters. The molecule has 7 heteroatoms. The highest BCUT2D eigenvalue weighted by Gasteiger charge is 2.52. The van der Waals surface area contributed by atoms with Gasteiger partial charge in [0.05, 0.1) is 11.0 Å². The van der Waals surface area contributed by atoms with Crippen LogP contribution in [-0.4, -0.2) is 33.1 Å². The summed E-state index contributed by atoms with van der Waals surface area (Å²) < 4.78 is 7.91. The molecule has 0 aliphatic heterocycles. The maximum absolute atomic E-state index is 13.3. The highest BCUT2D eigenvalue weighted by molar-refractivity contribution is 5.98. The number of aromatic nitrogens is 2. The number of ether oxygens (including phenoxy) is 1. The average molecular weight is 670 g/mol. The number of nitrogens with one attached hydrogen (secondary N) is 1. The number of aryl methyl sites for hydroxylation is 1. The van der Waals surface area contributed by atoms with Crippen LogP contribution in [0.25, 0.3) is 22.4 Å². The number of hydrogen-bond donors (Lipinski definition) is 2. The predicted octanol–water partition coefficient (Wildman–Crippen LogP) is 8.93. The number of carboxylic acids is 1. The van der Waals surface area contributed by atoms with E-state index in [1.165, 1.54) is 23.1 Å². The highest BCUT2D eigenvalue weighted by atomic mass is 16.5. The third-order valence-corrected chi connectivity index (χ3v) is 11.4. The molecular weight excluding hydrogens is 622 g/mol. The molecule has 7 rings (SSSR count). The maximum Gasteiger partial charge on any atom is 0.341 e. The van der Waals surface area contributed by atoms with Crippen LogP contribution in [0.1, 0.15) is 91.9 Å². The number of imidazole rings is 1. The average Bonchev–Trinajstić information content (AvgIpc) is 3.46. The third kappa shape index (κ3) is 6.41. The molecule has 1 fully saturated rings. The molecule has 1 saturated carbocycles. The van der Waals surface area contributed by atoms with Crippen molar-refractivity contribution in [3.8, 4) is 17.1 Å². The third-order valence-electron chi connectivity index (χ3n) is 11.4. The van der Waals surface area contributed by atoms with E-state index in [0.717, 1.165) is 60.2 Å². The number of carbonyl (C=O) groups is 2. The molecule has 50 heavy (non-hydrogen) atoms. The van der Waals surface area contributed by atoms with Crippen LogP contribution in [-0.2, 0) is 29.7 Å². The topological polar surface area (TPSA) is 93.4 Å². The van der Waals surface area contributed by atoms with Gasteiger partial charge in [-0.1, -0.05) is 94.8 Å². The molecule has 258 valence electrons. The van der Waals surface area contributed by atoms with Crippen molar-refractivity contribution in [2.75, 3.05) is 6.61 Å². The number of hydrogen-bond acceptors (Lipinski definition) is 4. The van der Waals surface area contributed by atoms with Crippen LogP contribution in [0, 0.1) is 11.3 Å². The van der Waals surface area contributed by atoms with Gasteiger partial charge in [0, 0.05) is 24.2 Å². The van der Waals surface area contributed by atoms with Crippen LogP contribution in [0.15, 0.2) is 91.0 Å². The van der Waals surface area contributed by atoms with Gasteiger partial charge >= 0.3 is 5.97 Å². The monoisotopic (exact) mass is 669 g/mol. The normalized spacial score (nSPS) is 21.4. The Bertz CT molecular complexity index is 2050. The zero-order valence-electron chi connectivity index (χ0n) is 29.5. The lowest BCUT2D eigenvalue weighted by atomic mass is 9.49. The molecule has 4 aromatic carbocycles. The molecule has 7 nitrogen and oxygen atoms in total. The van der Waals surface area contributed by atoms with E-state index in [1.807, 2.05) is 66.7 Å². The molecule has 0 spiro atoms. The van der Waals surface area contributed by atoms with Crippen molar-refractivity contribution in [1.82, 2.24) is 14.9 Å². The Morgan fingerprint density at radius 1 is 0.980 bits per heavy atom. The molecule has 2 aliphatic rings. The number of carbonyl (C=O) groups excluding carboxylic acids is 1. The summed E-state index contributed by atoms with van der Waals surface area (Å²) in [6.45, 7) is 10.3. The number of benzene rings is 4. The zero-order chi connectivity index (χ0) is 35.0. The molecule has 0 bridgehead atoms. The summed E-state index contributed by atoms with van der Waals surface area (Å²) in [6, 6.07) is 30.4. The molecule has 2 aliphatic carbocycles. The Morgan fingerprint density at radius 2 is 1.80 bits per heavy atom. The number of aliphatic carboxylic acids is 1. The van der Waals surface area contributed by atoms with Gasteiger partial charge in [0.2, 0.25) is 0 Å². The van der Waals surface area contributed by atoms with E-state index in [9.17, 15) is 14.7 Å². The van der Waals surface area contributed by atoms with Gasteiger partial charge in [-0.2, -0.15) is 0 Å².